The molecular weight excluding hydrogens is 423 g/mol. The molecule has 0 spiro atoms. The molecule has 1 heterocycles. The zero-order valence-corrected chi connectivity index (χ0v) is 16.8. The first-order valence-corrected chi connectivity index (χ1v) is 9.56. The first kappa shape index (κ1) is 19.7. The number of allylic oxidation sites excluding steroid dienone is 1. The van der Waals surface area contributed by atoms with E-state index < -0.39 is 4.92 Å². The van der Waals surface area contributed by atoms with Crippen LogP contribution < -0.4 is 0 Å². The Kier molecular flexibility index (Phi) is 5.28. The Hall–Kier alpha value is -3.59. The molecule has 0 aliphatic heterocycles. The second-order valence-corrected chi connectivity index (χ2v) is 7.29. The van der Waals surface area contributed by atoms with Crippen LogP contribution in [0.1, 0.15) is 11.3 Å². The highest BCUT2D eigenvalue weighted by atomic mass is 35.5. The minimum Gasteiger partial charge on any atom is -0.457 e. The van der Waals surface area contributed by atoms with Crippen molar-refractivity contribution >= 4 is 51.3 Å². The van der Waals surface area contributed by atoms with Crippen LogP contribution in [0.4, 0.5) is 5.69 Å². The fourth-order valence-corrected chi connectivity index (χ4v) is 3.67. The molecule has 0 radical (unpaired) electrons. The van der Waals surface area contributed by atoms with Crippen molar-refractivity contribution in [3.05, 3.63) is 98.2 Å². The maximum atomic E-state index is 11.2. The van der Waals surface area contributed by atoms with Gasteiger partial charge in [0.2, 0.25) is 0 Å². The van der Waals surface area contributed by atoms with Crippen molar-refractivity contribution in [2.24, 2.45) is 0 Å². The summed E-state index contributed by atoms with van der Waals surface area (Å²) in [5.41, 5.74) is 1.26. The first-order valence-electron chi connectivity index (χ1n) is 8.81. The summed E-state index contributed by atoms with van der Waals surface area (Å²) in [7, 11) is 0. The van der Waals surface area contributed by atoms with Crippen molar-refractivity contribution in [3.8, 4) is 17.4 Å². The molecule has 0 aliphatic carbocycles. The Morgan fingerprint density at radius 3 is 2.50 bits per heavy atom. The number of halogens is 2. The highest BCUT2D eigenvalue weighted by Crippen LogP contribution is 2.37. The van der Waals surface area contributed by atoms with Gasteiger partial charge in [0.1, 0.15) is 16.5 Å². The smallest absolute Gasteiger partial charge is 0.288 e. The van der Waals surface area contributed by atoms with Crippen LogP contribution >= 0.6 is 23.2 Å². The van der Waals surface area contributed by atoms with Crippen LogP contribution in [0.3, 0.4) is 0 Å². The third kappa shape index (κ3) is 3.79. The number of furan rings is 1. The van der Waals surface area contributed by atoms with Gasteiger partial charge in [-0.05, 0) is 46.7 Å². The van der Waals surface area contributed by atoms with Gasteiger partial charge in [0.05, 0.1) is 21.6 Å². The Balaban J connectivity index is 1.72. The second kappa shape index (κ2) is 8.03. The third-order valence-corrected chi connectivity index (χ3v) is 5.21. The summed E-state index contributed by atoms with van der Waals surface area (Å²) in [6.07, 6.45) is 1.62. The van der Waals surface area contributed by atoms with E-state index in [1.165, 1.54) is 12.1 Å². The molecule has 0 atom stereocenters. The molecule has 0 N–H and O–H groups in total. The predicted molar refractivity (Wildman–Crippen MR) is 118 cm³/mol. The number of nitriles is 1. The largest absolute Gasteiger partial charge is 0.457 e. The summed E-state index contributed by atoms with van der Waals surface area (Å²) in [4.78, 5) is 10.6. The highest BCUT2D eigenvalue weighted by molar-refractivity contribution is 6.37. The number of benzene rings is 3. The van der Waals surface area contributed by atoms with E-state index >= 15 is 0 Å². The molecule has 7 heteroatoms. The molecule has 0 saturated carbocycles. The van der Waals surface area contributed by atoms with Gasteiger partial charge < -0.3 is 4.42 Å². The Labute approximate surface area is 181 Å². The van der Waals surface area contributed by atoms with Crippen LogP contribution in [-0.4, -0.2) is 4.92 Å². The zero-order valence-electron chi connectivity index (χ0n) is 15.3. The van der Waals surface area contributed by atoms with Crippen LogP contribution in [-0.2, 0) is 0 Å². The van der Waals surface area contributed by atoms with Crippen molar-refractivity contribution in [1.29, 1.82) is 5.26 Å². The van der Waals surface area contributed by atoms with E-state index in [4.69, 9.17) is 27.6 Å². The summed E-state index contributed by atoms with van der Waals surface area (Å²) in [5.74, 6) is 0.755. The summed E-state index contributed by atoms with van der Waals surface area (Å²) < 4.78 is 5.79. The van der Waals surface area contributed by atoms with Gasteiger partial charge in [0, 0.05) is 11.6 Å². The van der Waals surface area contributed by atoms with Crippen LogP contribution in [0.15, 0.2) is 71.1 Å². The normalized spacial score (nSPS) is 11.4. The van der Waals surface area contributed by atoms with Crippen LogP contribution in [0.2, 0.25) is 10.0 Å². The number of nitro benzene ring substituents is 1. The molecule has 0 bridgehead atoms. The lowest BCUT2D eigenvalue weighted by molar-refractivity contribution is -0.384. The van der Waals surface area contributed by atoms with Crippen LogP contribution in [0.5, 0.6) is 0 Å². The number of hydrogen-bond acceptors (Lipinski definition) is 4. The lowest BCUT2D eigenvalue weighted by Gasteiger charge is -2.03. The van der Waals surface area contributed by atoms with Gasteiger partial charge in [-0.3, -0.25) is 10.1 Å². The van der Waals surface area contributed by atoms with Crippen molar-refractivity contribution in [3.63, 3.8) is 0 Å². The highest BCUT2D eigenvalue weighted by Gasteiger charge is 2.19. The zero-order chi connectivity index (χ0) is 21.3. The molecule has 30 heavy (non-hydrogen) atoms. The number of rotatable bonds is 4. The van der Waals surface area contributed by atoms with Gasteiger partial charge in [-0.1, -0.05) is 59.6 Å². The third-order valence-electron chi connectivity index (χ3n) is 4.59. The average molecular weight is 435 g/mol. The van der Waals surface area contributed by atoms with E-state index in [0.717, 1.165) is 16.3 Å². The number of hydrogen-bond donors (Lipinski definition) is 0. The summed E-state index contributed by atoms with van der Waals surface area (Å²) in [6.45, 7) is 0. The van der Waals surface area contributed by atoms with Crippen molar-refractivity contribution < 1.29 is 9.34 Å². The molecule has 0 aliphatic rings. The van der Waals surface area contributed by atoms with Crippen molar-refractivity contribution in [1.82, 2.24) is 0 Å². The summed E-state index contributed by atoms with van der Waals surface area (Å²) in [6, 6.07) is 21.7. The average Bonchev–Trinajstić information content (AvgIpc) is 3.19. The Morgan fingerprint density at radius 2 is 1.77 bits per heavy atom. The van der Waals surface area contributed by atoms with Crippen molar-refractivity contribution in [2.45, 2.75) is 0 Å². The number of fused-ring (bicyclic) bond motifs is 1. The molecule has 0 saturated heterocycles. The molecule has 0 unspecified atom stereocenters. The maximum Gasteiger partial charge on any atom is 0.288 e. The molecule has 4 aromatic rings. The van der Waals surface area contributed by atoms with E-state index in [-0.39, 0.29) is 15.7 Å². The molecule has 0 fully saturated rings. The Morgan fingerprint density at radius 1 is 1.00 bits per heavy atom. The lowest BCUT2D eigenvalue weighted by Crippen LogP contribution is -1.90. The second-order valence-electron chi connectivity index (χ2n) is 6.47. The van der Waals surface area contributed by atoms with E-state index in [0.29, 0.717) is 22.7 Å². The quantitative estimate of drug-likeness (QED) is 0.190. The number of nitrogens with zero attached hydrogens (tertiary/aromatic N) is 2. The minimum atomic E-state index is -0.584. The molecule has 5 nitrogen and oxygen atoms in total. The van der Waals surface area contributed by atoms with Crippen LogP contribution in [0, 0.1) is 21.4 Å². The van der Waals surface area contributed by atoms with Gasteiger partial charge in [-0.2, -0.15) is 5.26 Å². The molecule has 146 valence electrons. The fraction of sp³-hybridized carbons (Fsp3) is 0. The lowest BCUT2D eigenvalue weighted by atomic mass is 10.0. The maximum absolute atomic E-state index is 11.2. The standard InChI is InChI=1S/C23H12Cl2N2O3/c24-20-12-21(25)22(27(28)29)11-19(20)23-8-7-18(30-23)10-17(13-26)16-6-5-14-3-1-2-4-15(14)9-16/h1-12H/b17-10-. The predicted octanol–water partition coefficient (Wildman–Crippen LogP) is 7.38. The van der Waals surface area contributed by atoms with E-state index in [9.17, 15) is 15.4 Å². The van der Waals surface area contributed by atoms with E-state index in [2.05, 4.69) is 6.07 Å². The molecule has 1 aromatic heterocycles. The van der Waals surface area contributed by atoms with Gasteiger partial charge in [0.15, 0.2) is 0 Å². The van der Waals surface area contributed by atoms with Crippen LogP contribution in [0.25, 0.3) is 33.7 Å². The molecule has 0 amide bonds. The van der Waals surface area contributed by atoms with Gasteiger partial charge in [-0.15, -0.1) is 0 Å². The SMILES string of the molecule is N#C/C(=C/c1ccc(-c2cc([N+](=O)[O-])c(Cl)cc2Cl)o1)c1ccc2ccccc2c1. The van der Waals surface area contributed by atoms with Gasteiger partial charge in [0.25, 0.3) is 5.69 Å². The van der Waals surface area contributed by atoms with Crippen molar-refractivity contribution in [2.75, 3.05) is 0 Å². The topological polar surface area (TPSA) is 80.1 Å². The summed E-state index contributed by atoms with van der Waals surface area (Å²) in [5, 5.41) is 23.1. The molecular formula is C23H12Cl2N2O3. The first-order chi connectivity index (χ1) is 14.5. The summed E-state index contributed by atoms with van der Waals surface area (Å²) >= 11 is 12.1. The monoisotopic (exact) mass is 434 g/mol. The van der Waals surface area contributed by atoms with E-state index in [1.54, 1.807) is 18.2 Å². The molecule has 3 aromatic carbocycles. The fourth-order valence-electron chi connectivity index (χ4n) is 3.12. The van der Waals surface area contributed by atoms with E-state index in [1.807, 2.05) is 42.5 Å². The van der Waals surface area contributed by atoms with Gasteiger partial charge >= 0.3 is 0 Å². The van der Waals surface area contributed by atoms with Gasteiger partial charge in [-0.25, -0.2) is 0 Å². The number of nitro groups is 1. The minimum absolute atomic E-state index is 0.0523. The molecule has 4 rings (SSSR count). The Bertz CT molecular complexity index is 1370.